The van der Waals surface area contributed by atoms with Crippen LogP contribution in [0.1, 0.15) is 11.1 Å². The highest BCUT2D eigenvalue weighted by Gasteiger charge is 2.00. The molecule has 0 aromatic heterocycles. The van der Waals surface area contributed by atoms with Gasteiger partial charge in [0, 0.05) is 0 Å². The van der Waals surface area contributed by atoms with Gasteiger partial charge in [-0.3, -0.25) is 0 Å². The molecule has 0 unspecified atom stereocenters. The molecule has 2 aromatic carbocycles. The molecule has 0 bridgehead atoms. The average Bonchev–Trinajstić information content (AvgIpc) is 2.46. The van der Waals surface area contributed by atoms with Gasteiger partial charge in [-0.15, -0.1) is 0 Å². The Morgan fingerprint density at radius 2 is 1.63 bits per heavy atom. The molecule has 0 spiro atoms. The van der Waals surface area contributed by atoms with E-state index >= 15 is 0 Å². The lowest BCUT2D eigenvalue weighted by molar-refractivity contribution is 0.373. The molecule has 3 heteroatoms. The van der Waals surface area contributed by atoms with Crippen LogP contribution in [0.25, 0.3) is 12.2 Å². The molecule has 0 aliphatic carbocycles. The molecule has 2 rings (SSSR count). The van der Waals surface area contributed by atoms with Crippen molar-refractivity contribution in [3.8, 4) is 17.2 Å². The largest absolute Gasteiger partial charge is 0.504 e. The van der Waals surface area contributed by atoms with Crippen LogP contribution in [-0.4, -0.2) is 19.3 Å². The van der Waals surface area contributed by atoms with Crippen molar-refractivity contribution >= 4 is 12.2 Å². The highest BCUT2D eigenvalue weighted by molar-refractivity contribution is 5.71. The van der Waals surface area contributed by atoms with Crippen LogP contribution < -0.4 is 9.47 Å². The first kappa shape index (κ1) is 13.0. The molecule has 0 saturated carbocycles. The summed E-state index contributed by atoms with van der Waals surface area (Å²) in [5.74, 6) is 1.43. The maximum Gasteiger partial charge on any atom is 0.161 e. The summed E-state index contributed by atoms with van der Waals surface area (Å²) in [4.78, 5) is 0. The van der Waals surface area contributed by atoms with Crippen molar-refractivity contribution in [2.75, 3.05) is 14.2 Å². The Hall–Kier alpha value is -2.42. The summed E-state index contributed by atoms with van der Waals surface area (Å²) in [6, 6.07) is 13.0. The van der Waals surface area contributed by atoms with Gasteiger partial charge in [0.05, 0.1) is 14.2 Å². The Labute approximate surface area is 112 Å². The first-order valence-electron chi connectivity index (χ1n) is 5.92. The predicted octanol–water partition coefficient (Wildman–Crippen LogP) is 3.58. The SMILES string of the molecule is COc1cccc(C=Cc2ccc(O)c(OC)c2)c1. The molecule has 3 nitrogen and oxygen atoms in total. The molecule has 0 amide bonds. The van der Waals surface area contributed by atoms with Gasteiger partial charge >= 0.3 is 0 Å². The van der Waals surface area contributed by atoms with Crippen molar-refractivity contribution in [3.05, 3.63) is 53.6 Å². The quantitative estimate of drug-likeness (QED) is 0.850. The van der Waals surface area contributed by atoms with Gasteiger partial charge in [-0.2, -0.15) is 0 Å². The second-order valence-electron chi connectivity index (χ2n) is 4.04. The van der Waals surface area contributed by atoms with Crippen molar-refractivity contribution in [1.29, 1.82) is 0 Å². The van der Waals surface area contributed by atoms with E-state index in [4.69, 9.17) is 9.47 Å². The number of rotatable bonds is 4. The van der Waals surface area contributed by atoms with Crippen molar-refractivity contribution < 1.29 is 14.6 Å². The highest BCUT2D eigenvalue weighted by atomic mass is 16.5. The summed E-state index contributed by atoms with van der Waals surface area (Å²) < 4.78 is 10.2. The Kier molecular flexibility index (Phi) is 4.08. The van der Waals surface area contributed by atoms with E-state index in [0.717, 1.165) is 16.9 Å². The van der Waals surface area contributed by atoms with Gasteiger partial charge in [-0.05, 0) is 35.4 Å². The van der Waals surface area contributed by atoms with E-state index < -0.39 is 0 Å². The molecule has 2 aromatic rings. The molecule has 0 aliphatic rings. The van der Waals surface area contributed by atoms with Crippen LogP contribution in [0.2, 0.25) is 0 Å². The third-order valence-electron chi connectivity index (χ3n) is 2.77. The minimum atomic E-state index is 0.140. The molecule has 0 saturated heterocycles. The Bertz CT molecular complexity index is 588. The van der Waals surface area contributed by atoms with E-state index in [0.29, 0.717) is 5.75 Å². The molecular formula is C16H16O3. The molecule has 98 valence electrons. The third-order valence-corrected chi connectivity index (χ3v) is 2.77. The van der Waals surface area contributed by atoms with E-state index in [-0.39, 0.29) is 5.75 Å². The fourth-order valence-corrected chi connectivity index (χ4v) is 1.74. The zero-order chi connectivity index (χ0) is 13.7. The fourth-order valence-electron chi connectivity index (χ4n) is 1.74. The van der Waals surface area contributed by atoms with Crippen molar-refractivity contribution in [3.63, 3.8) is 0 Å². The van der Waals surface area contributed by atoms with Crippen LogP contribution in [-0.2, 0) is 0 Å². The van der Waals surface area contributed by atoms with Gasteiger partial charge in [-0.25, -0.2) is 0 Å². The molecule has 0 heterocycles. The van der Waals surface area contributed by atoms with Gasteiger partial charge in [0.1, 0.15) is 5.75 Å². The molecule has 1 N–H and O–H groups in total. The first-order chi connectivity index (χ1) is 9.22. The van der Waals surface area contributed by atoms with Crippen LogP contribution in [0.15, 0.2) is 42.5 Å². The lowest BCUT2D eigenvalue weighted by Gasteiger charge is -2.04. The Morgan fingerprint density at radius 3 is 2.32 bits per heavy atom. The van der Waals surface area contributed by atoms with E-state index in [1.807, 2.05) is 42.5 Å². The fraction of sp³-hybridized carbons (Fsp3) is 0.125. The number of phenols is 1. The van der Waals surface area contributed by atoms with Crippen LogP contribution in [0.4, 0.5) is 0 Å². The third kappa shape index (κ3) is 3.28. The smallest absolute Gasteiger partial charge is 0.161 e. The van der Waals surface area contributed by atoms with Crippen LogP contribution in [0.3, 0.4) is 0 Å². The highest BCUT2D eigenvalue weighted by Crippen LogP contribution is 2.27. The minimum absolute atomic E-state index is 0.140. The first-order valence-corrected chi connectivity index (χ1v) is 5.92. The van der Waals surface area contributed by atoms with Crippen LogP contribution in [0, 0.1) is 0 Å². The van der Waals surface area contributed by atoms with Crippen molar-refractivity contribution in [1.82, 2.24) is 0 Å². The molecular weight excluding hydrogens is 240 g/mol. The normalized spacial score (nSPS) is 10.6. The standard InChI is InChI=1S/C16H16O3/c1-18-14-5-3-4-12(10-14)6-7-13-8-9-15(17)16(11-13)19-2/h3-11,17H,1-2H3. The number of phenolic OH excluding ortho intramolecular Hbond substituents is 1. The van der Waals surface area contributed by atoms with Gasteiger partial charge < -0.3 is 14.6 Å². The van der Waals surface area contributed by atoms with Crippen molar-refractivity contribution in [2.24, 2.45) is 0 Å². The second kappa shape index (κ2) is 5.96. The number of hydrogen-bond acceptors (Lipinski definition) is 3. The monoisotopic (exact) mass is 256 g/mol. The second-order valence-corrected chi connectivity index (χ2v) is 4.04. The molecule has 0 fully saturated rings. The van der Waals surface area contributed by atoms with E-state index in [1.165, 1.54) is 7.11 Å². The lowest BCUT2D eigenvalue weighted by Crippen LogP contribution is -1.84. The summed E-state index contributed by atoms with van der Waals surface area (Å²) in [6.07, 6.45) is 3.94. The average molecular weight is 256 g/mol. The minimum Gasteiger partial charge on any atom is -0.504 e. The maximum atomic E-state index is 9.52. The number of hydrogen-bond donors (Lipinski definition) is 1. The summed E-state index contributed by atoms with van der Waals surface area (Å²) in [6.45, 7) is 0. The zero-order valence-electron chi connectivity index (χ0n) is 11.0. The Balaban J connectivity index is 2.22. The summed E-state index contributed by atoms with van der Waals surface area (Å²) in [7, 11) is 3.18. The predicted molar refractivity (Wildman–Crippen MR) is 76.6 cm³/mol. The number of aromatic hydroxyl groups is 1. The van der Waals surface area contributed by atoms with Gasteiger partial charge in [0.15, 0.2) is 11.5 Å². The Morgan fingerprint density at radius 1 is 0.895 bits per heavy atom. The summed E-state index contributed by atoms with van der Waals surface area (Å²) in [5.41, 5.74) is 2.00. The molecule has 19 heavy (non-hydrogen) atoms. The van der Waals surface area contributed by atoms with Crippen LogP contribution >= 0.6 is 0 Å². The zero-order valence-corrected chi connectivity index (χ0v) is 11.0. The van der Waals surface area contributed by atoms with Crippen molar-refractivity contribution in [2.45, 2.75) is 0 Å². The molecule has 0 atom stereocenters. The van der Waals surface area contributed by atoms with Gasteiger partial charge in [0.2, 0.25) is 0 Å². The summed E-state index contributed by atoms with van der Waals surface area (Å²) >= 11 is 0. The molecule has 0 radical (unpaired) electrons. The topological polar surface area (TPSA) is 38.7 Å². The maximum absolute atomic E-state index is 9.52. The van der Waals surface area contributed by atoms with Gasteiger partial charge in [-0.1, -0.05) is 30.4 Å². The lowest BCUT2D eigenvalue weighted by atomic mass is 10.1. The molecule has 0 aliphatic heterocycles. The van der Waals surface area contributed by atoms with Crippen LogP contribution in [0.5, 0.6) is 17.2 Å². The summed E-state index contributed by atoms with van der Waals surface area (Å²) in [5, 5.41) is 9.52. The van der Waals surface area contributed by atoms with Gasteiger partial charge in [0.25, 0.3) is 0 Å². The number of ether oxygens (including phenoxy) is 2. The number of benzene rings is 2. The van der Waals surface area contributed by atoms with E-state index in [2.05, 4.69) is 0 Å². The van der Waals surface area contributed by atoms with E-state index in [9.17, 15) is 5.11 Å². The van der Waals surface area contributed by atoms with E-state index in [1.54, 1.807) is 19.2 Å². The number of methoxy groups -OCH3 is 2.